The number of aromatic nitrogens is 2. The number of benzene rings is 2. The first kappa shape index (κ1) is 15.1. The Morgan fingerprint density at radius 3 is 2.57 bits per heavy atom. The Kier molecular flexibility index (Phi) is 4.12. The maximum Gasteiger partial charge on any atom is 0.132 e. The van der Waals surface area contributed by atoms with Crippen molar-refractivity contribution in [3.8, 4) is 5.69 Å². The van der Waals surface area contributed by atoms with E-state index in [0.29, 0.717) is 0 Å². The first-order chi connectivity index (χ1) is 9.97. The number of fused-ring (bicyclic) bond motifs is 1. The van der Waals surface area contributed by atoms with Gasteiger partial charge < -0.3 is 0 Å². The number of halogens is 3. The molecule has 0 N–H and O–H groups in total. The lowest BCUT2D eigenvalue weighted by Crippen LogP contribution is -2.02. The molecular formula is C16H13Br2ClN2. The molecule has 3 aromatic rings. The quantitative estimate of drug-likeness (QED) is 0.447. The highest BCUT2D eigenvalue weighted by molar-refractivity contribution is 9.10. The van der Waals surface area contributed by atoms with Gasteiger partial charge in [0.25, 0.3) is 0 Å². The van der Waals surface area contributed by atoms with Crippen molar-refractivity contribution >= 4 is 54.5 Å². The van der Waals surface area contributed by atoms with Crippen molar-refractivity contribution in [1.29, 1.82) is 0 Å². The van der Waals surface area contributed by atoms with Crippen LogP contribution < -0.4 is 0 Å². The van der Waals surface area contributed by atoms with Crippen LogP contribution in [0.25, 0.3) is 16.7 Å². The first-order valence-corrected chi connectivity index (χ1v) is 8.58. The number of aryl methyl sites for hydroxylation is 1. The van der Waals surface area contributed by atoms with E-state index in [4.69, 9.17) is 16.6 Å². The molecule has 0 radical (unpaired) electrons. The van der Waals surface area contributed by atoms with Gasteiger partial charge in [0.15, 0.2) is 0 Å². The molecule has 1 heterocycles. The number of nitrogens with zero attached hydrogens (tertiary/aromatic N) is 2. The molecule has 0 aliphatic heterocycles. The highest BCUT2D eigenvalue weighted by Crippen LogP contribution is 2.32. The van der Waals surface area contributed by atoms with E-state index in [0.717, 1.165) is 31.5 Å². The van der Waals surface area contributed by atoms with Crippen molar-refractivity contribution in [2.24, 2.45) is 0 Å². The number of hydrogen-bond donors (Lipinski definition) is 0. The molecule has 1 unspecified atom stereocenters. The summed E-state index contributed by atoms with van der Waals surface area (Å²) in [5, 5.41) is -0.177. The van der Waals surface area contributed by atoms with E-state index in [1.165, 1.54) is 5.56 Å². The van der Waals surface area contributed by atoms with Crippen LogP contribution in [0.2, 0.25) is 0 Å². The molecule has 0 spiro atoms. The average Bonchev–Trinajstić information content (AvgIpc) is 2.77. The molecule has 108 valence electrons. The molecule has 0 fully saturated rings. The summed E-state index contributed by atoms with van der Waals surface area (Å²) in [6, 6.07) is 12.4. The molecule has 1 aromatic heterocycles. The normalized spacial score (nSPS) is 12.8. The third-order valence-electron chi connectivity index (χ3n) is 3.34. The summed E-state index contributed by atoms with van der Waals surface area (Å²) >= 11 is 13.5. The van der Waals surface area contributed by atoms with Crippen LogP contribution in [0.3, 0.4) is 0 Å². The Morgan fingerprint density at radius 1 is 1.14 bits per heavy atom. The zero-order valence-electron chi connectivity index (χ0n) is 11.6. The summed E-state index contributed by atoms with van der Waals surface area (Å²) in [6.45, 7) is 4.01. The van der Waals surface area contributed by atoms with Crippen LogP contribution in [0.5, 0.6) is 0 Å². The van der Waals surface area contributed by atoms with Crippen molar-refractivity contribution in [3.05, 3.63) is 56.7 Å². The van der Waals surface area contributed by atoms with Gasteiger partial charge in [-0.1, -0.05) is 22.0 Å². The van der Waals surface area contributed by atoms with Crippen LogP contribution in [0.4, 0.5) is 0 Å². The fourth-order valence-corrected chi connectivity index (χ4v) is 3.55. The summed E-state index contributed by atoms with van der Waals surface area (Å²) in [7, 11) is 0. The number of rotatable bonds is 2. The Hall–Kier alpha value is -0.840. The van der Waals surface area contributed by atoms with Crippen LogP contribution in [-0.2, 0) is 0 Å². The van der Waals surface area contributed by atoms with Gasteiger partial charge in [-0.2, -0.15) is 0 Å². The zero-order chi connectivity index (χ0) is 15.1. The average molecular weight is 429 g/mol. The molecule has 0 amide bonds. The van der Waals surface area contributed by atoms with Gasteiger partial charge in [-0.05, 0) is 65.7 Å². The Bertz CT molecular complexity index is 825. The van der Waals surface area contributed by atoms with Crippen LogP contribution in [0, 0.1) is 6.92 Å². The second-order valence-corrected chi connectivity index (χ2v) is 7.43. The minimum atomic E-state index is -0.177. The van der Waals surface area contributed by atoms with E-state index in [1.54, 1.807) is 0 Å². The Morgan fingerprint density at radius 2 is 1.90 bits per heavy atom. The van der Waals surface area contributed by atoms with E-state index in [-0.39, 0.29) is 5.38 Å². The molecule has 2 nitrogen and oxygen atoms in total. The van der Waals surface area contributed by atoms with Crippen molar-refractivity contribution < 1.29 is 0 Å². The molecule has 0 saturated carbocycles. The molecule has 5 heteroatoms. The third kappa shape index (κ3) is 2.77. The van der Waals surface area contributed by atoms with Gasteiger partial charge in [-0.25, -0.2) is 4.98 Å². The number of alkyl halides is 1. The first-order valence-electron chi connectivity index (χ1n) is 6.56. The van der Waals surface area contributed by atoms with Gasteiger partial charge in [0.05, 0.1) is 22.1 Å². The summed E-state index contributed by atoms with van der Waals surface area (Å²) in [5.41, 5.74) is 4.23. The van der Waals surface area contributed by atoms with Crippen LogP contribution in [-0.4, -0.2) is 9.55 Å². The predicted molar refractivity (Wildman–Crippen MR) is 95.5 cm³/mol. The highest BCUT2D eigenvalue weighted by atomic mass is 79.9. The third-order valence-corrected chi connectivity index (χ3v) is 4.67. The lowest BCUT2D eigenvalue weighted by atomic mass is 10.2. The molecule has 0 aliphatic rings. The van der Waals surface area contributed by atoms with Crippen molar-refractivity contribution in [3.63, 3.8) is 0 Å². The summed E-state index contributed by atoms with van der Waals surface area (Å²) in [6.07, 6.45) is 0. The molecule has 0 saturated heterocycles. The molecule has 0 aliphatic carbocycles. The van der Waals surface area contributed by atoms with E-state index in [1.807, 2.05) is 19.1 Å². The second-order valence-electron chi connectivity index (χ2n) is 5.01. The van der Waals surface area contributed by atoms with Gasteiger partial charge in [0.1, 0.15) is 5.82 Å². The highest BCUT2D eigenvalue weighted by Gasteiger charge is 2.18. The summed E-state index contributed by atoms with van der Waals surface area (Å²) in [5.74, 6) is 0.842. The van der Waals surface area contributed by atoms with Crippen LogP contribution in [0.15, 0.2) is 45.3 Å². The summed E-state index contributed by atoms with van der Waals surface area (Å²) < 4.78 is 4.16. The number of hydrogen-bond acceptors (Lipinski definition) is 1. The maximum atomic E-state index is 6.34. The van der Waals surface area contributed by atoms with Gasteiger partial charge in [0.2, 0.25) is 0 Å². The maximum absolute atomic E-state index is 6.34. The van der Waals surface area contributed by atoms with E-state index in [2.05, 4.69) is 67.6 Å². The zero-order valence-corrected chi connectivity index (χ0v) is 15.5. The molecule has 3 rings (SSSR count). The van der Waals surface area contributed by atoms with E-state index in [9.17, 15) is 0 Å². The molecule has 2 aromatic carbocycles. The SMILES string of the molecule is Cc1ccc(-n2c(C(C)Cl)nc3cc(Br)ccc32)c(Br)c1. The van der Waals surface area contributed by atoms with Crippen molar-refractivity contribution in [2.75, 3.05) is 0 Å². The molecular weight excluding hydrogens is 415 g/mol. The van der Waals surface area contributed by atoms with Crippen molar-refractivity contribution in [1.82, 2.24) is 9.55 Å². The van der Waals surface area contributed by atoms with Crippen molar-refractivity contribution in [2.45, 2.75) is 19.2 Å². The fourth-order valence-electron chi connectivity index (χ4n) is 2.39. The van der Waals surface area contributed by atoms with Crippen LogP contribution >= 0.6 is 43.5 Å². The van der Waals surface area contributed by atoms with E-state index < -0.39 is 0 Å². The van der Waals surface area contributed by atoms with Gasteiger partial charge in [-0.15, -0.1) is 11.6 Å². The smallest absolute Gasteiger partial charge is 0.132 e. The predicted octanol–water partition coefficient (Wildman–Crippen LogP) is 6.16. The summed E-state index contributed by atoms with van der Waals surface area (Å²) in [4.78, 5) is 4.69. The minimum Gasteiger partial charge on any atom is -0.294 e. The Labute approximate surface area is 145 Å². The van der Waals surface area contributed by atoms with Gasteiger partial charge in [-0.3, -0.25) is 4.57 Å². The molecule has 21 heavy (non-hydrogen) atoms. The largest absolute Gasteiger partial charge is 0.294 e. The van der Waals surface area contributed by atoms with Gasteiger partial charge >= 0.3 is 0 Å². The topological polar surface area (TPSA) is 17.8 Å². The minimum absolute atomic E-state index is 0.177. The monoisotopic (exact) mass is 426 g/mol. The molecule has 0 bridgehead atoms. The van der Waals surface area contributed by atoms with E-state index >= 15 is 0 Å². The van der Waals surface area contributed by atoms with Gasteiger partial charge in [0, 0.05) is 8.95 Å². The molecule has 1 atom stereocenters. The second kappa shape index (κ2) is 5.75. The number of imidazole rings is 1. The lowest BCUT2D eigenvalue weighted by molar-refractivity contribution is 0.880. The van der Waals surface area contributed by atoms with Crippen LogP contribution in [0.1, 0.15) is 23.7 Å². The fraction of sp³-hybridized carbons (Fsp3) is 0.188. The lowest BCUT2D eigenvalue weighted by Gasteiger charge is -2.13. The Balaban J connectivity index is 2.36. The standard InChI is InChI=1S/C16H13Br2ClN2/c1-9-3-5-14(12(18)7-9)21-15-6-4-11(17)8-13(15)20-16(21)10(2)19/h3-8,10H,1-2H3.